The van der Waals surface area contributed by atoms with Crippen LogP contribution >= 0.6 is 0 Å². The zero-order valence-corrected chi connectivity index (χ0v) is 44.5. The van der Waals surface area contributed by atoms with Gasteiger partial charge in [-0.2, -0.15) is 0 Å². The number of anilines is 1. The number of oxime groups is 1. The summed E-state index contributed by atoms with van der Waals surface area (Å²) in [6, 6.07) is 2.75. The summed E-state index contributed by atoms with van der Waals surface area (Å²) in [4.78, 5) is 89.5. The number of hydrogen-bond donors (Lipinski definition) is 5. The number of rotatable bonds is 9. The van der Waals surface area contributed by atoms with E-state index in [0.717, 1.165) is 25.0 Å². The average Bonchev–Trinajstić information content (AvgIpc) is 4.23. The Labute approximate surface area is 444 Å². The molecule has 4 aliphatic heterocycles. The quantitative estimate of drug-likeness (QED) is 0.101. The number of aromatic nitrogens is 1. The number of ketones is 2. The summed E-state index contributed by atoms with van der Waals surface area (Å²) < 4.78 is 42.0. The fraction of sp³-hybridized carbons (Fsp3) is 0.482. The van der Waals surface area contributed by atoms with Gasteiger partial charge < -0.3 is 59.0 Å². The van der Waals surface area contributed by atoms with Crippen molar-refractivity contribution in [2.24, 2.45) is 28.8 Å². The highest BCUT2D eigenvalue weighted by Crippen LogP contribution is 2.48. The first-order valence-electron chi connectivity index (χ1n) is 25.7. The molecule has 5 heterocycles. The highest BCUT2D eigenvalue weighted by atomic mass is 19.1. The van der Waals surface area contributed by atoms with E-state index in [-0.39, 0.29) is 57.4 Å². The minimum atomic E-state index is -1.91. The van der Waals surface area contributed by atoms with Crippen LogP contribution in [0.5, 0.6) is 11.5 Å². The van der Waals surface area contributed by atoms with Crippen molar-refractivity contribution in [2.75, 3.05) is 51.3 Å². The summed E-state index contributed by atoms with van der Waals surface area (Å²) in [6.45, 7) is 14.6. The number of halogens is 1. The number of fused-ring (bicyclic) bond motifs is 15. The van der Waals surface area contributed by atoms with Gasteiger partial charge in [0.05, 0.1) is 58.2 Å². The van der Waals surface area contributed by atoms with Gasteiger partial charge in [-0.3, -0.25) is 28.9 Å². The number of ether oxygens (including phenoxy) is 4. The van der Waals surface area contributed by atoms with Crippen molar-refractivity contribution < 1.29 is 72.6 Å². The molecule has 2 aliphatic carbocycles. The minimum absolute atomic E-state index is 0.000940. The number of aromatic hydroxyl groups is 1. The molecule has 2 fully saturated rings. The van der Waals surface area contributed by atoms with E-state index in [4.69, 9.17) is 23.8 Å². The molecule has 412 valence electrons. The van der Waals surface area contributed by atoms with E-state index in [1.165, 1.54) is 59.4 Å². The van der Waals surface area contributed by atoms with Crippen LogP contribution in [-0.4, -0.2) is 142 Å². The molecule has 9 rings (SSSR count). The Kier molecular flexibility index (Phi) is 16.3. The summed E-state index contributed by atoms with van der Waals surface area (Å²) in [5.74, 6) is -10.1. The number of benzene rings is 2. The van der Waals surface area contributed by atoms with Crippen molar-refractivity contribution in [1.29, 1.82) is 0 Å². The van der Waals surface area contributed by atoms with Crippen molar-refractivity contribution >= 4 is 51.7 Å². The maximum Gasteiger partial charge on any atom is 0.341 e. The Morgan fingerprint density at radius 1 is 0.948 bits per heavy atom. The smallest absolute Gasteiger partial charge is 0.341 e. The molecule has 3 aromatic rings. The number of carboxylic acids is 1. The van der Waals surface area contributed by atoms with Gasteiger partial charge in [0.15, 0.2) is 11.5 Å². The van der Waals surface area contributed by atoms with E-state index < -0.39 is 117 Å². The van der Waals surface area contributed by atoms with Crippen LogP contribution in [0.15, 0.2) is 76.2 Å². The first-order chi connectivity index (χ1) is 36.5. The number of phenolic OH excluding ortho intramolecular Hbond substituents is 1. The molecule has 0 spiro atoms. The number of hydrogen-bond acceptors (Lipinski definition) is 17. The number of piperazine rings is 1. The van der Waals surface area contributed by atoms with E-state index in [2.05, 4.69) is 15.4 Å². The predicted octanol–water partition coefficient (Wildman–Crippen LogP) is 5.48. The third-order valence-corrected chi connectivity index (χ3v) is 15.5. The second-order valence-electron chi connectivity index (χ2n) is 20.8. The second kappa shape index (κ2) is 22.4. The number of aliphatic hydroxyl groups is 2. The number of methoxy groups -OCH3 is 1. The van der Waals surface area contributed by atoms with Gasteiger partial charge in [-0.15, -0.1) is 0 Å². The number of allylic oxidation sites excluding steroid dienone is 4. The largest absolute Gasteiger partial charge is 0.507 e. The molecule has 5 bridgehead atoms. The lowest BCUT2D eigenvalue weighted by Crippen LogP contribution is -2.47. The molecule has 6 aliphatic rings. The zero-order valence-electron chi connectivity index (χ0n) is 44.5. The van der Waals surface area contributed by atoms with Crippen LogP contribution < -0.4 is 20.4 Å². The van der Waals surface area contributed by atoms with E-state index >= 15 is 4.39 Å². The predicted molar refractivity (Wildman–Crippen MR) is 279 cm³/mol. The number of nitrogens with one attached hydrogen (secondary N) is 1. The summed E-state index contributed by atoms with van der Waals surface area (Å²) >= 11 is 0. The number of amides is 1. The summed E-state index contributed by atoms with van der Waals surface area (Å²) in [5.41, 5.74) is -1.38. The van der Waals surface area contributed by atoms with E-state index in [0.29, 0.717) is 38.2 Å². The highest BCUT2D eigenvalue weighted by Gasteiger charge is 2.51. The molecular weight excluding hydrogens is 1000 g/mol. The van der Waals surface area contributed by atoms with E-state index in [9.17, 15) is 49.2 Å². The molecule has 0 unspecified atom stereocenters. The van der Waals surface area contributed by atoms with Crippen molar-refractivity contribution in [1.82, 2.24) is 14.8 Å². The fourth-order valence-electron chi connectivity index (χ4n) is 10.7. The molecule has 21 heteroatoms. The SMILES string of the molecule is CO[C@H]1C=CO[C@@]2(C)Oc3c(C)c(O)c4c(c3C2=NOCCN2CCN(c3cc5c(cc3F)c(=O)c(C(=O)O)cn5C3CC3)CC2)C(=O)C=C(NC(=O)C(C)=CC=C[C@H](C)[C@H](O)[C@@H](C)[C@@H](O)[C@@H](C)[C@H](OC(C)=O)[C@@H]1C)C4=O. The molecule has 5 N–H and O–H groups in total. The van der Waals surface area contributed by atoms with Gasteiger partial charge in [-0.25, -0.2) is 9.18 Å². The van der Waals surface area contributed by atoms with Crippen LogP contribution in [-0.2, 0) is 28.6 Å². The van der Waals surface area contributed by atoms with Crippen LogP contribution in [0.2, 0.25) is 0 Å². The van der Waals surface area contributed by atoms with Gasteiger partial charge in [-0.1, -0.05) is 51.1 Å². The molecule has 77 heavy (non-hydrogen) atoms. The van der Waals surface area contributed by atoms with Crippen molar-refractivity contribution in [3.05, 3.63) is 110 Å². The first kappa shape index (κ1) is 56.0. The number of pyridine rings is 1. The fourth-order valence-corrected chi connectivity index (χ4v) is 10.7. The number of aromatic carboxylic acids is 1. The van der Waals surface area contributed by atoms with Crippen LogP contribution in [0.1, 0.15) is 110 Å². The molecular formula is C56H66FN5O15. The maximum absolute atomic E-state index is 15.8. The maximum atomic E-state index is 15.8. The van der Waals surface area contributed by atoms with E-state index in [1.807, 2.05) is 4.90 Å². The molecule has 1 saturated carbocycles. The number of esters is 1. The Bertz CT molecular complexity index is 3110. The normalized spacial score (nSPS) is 28.0. The number of phenols is 1. The Hall–Kier alpha value is -7.20. The standard InChI is InChI=1S/C56H66FN5O15/c1-27-11-10-12-28(2)54(70)58-38-24-41(64)43-44(50(38)69)48(67)32(6)52-45(43)53(56(8,77-52)74-21-15-42(73-9)29(3)51(76-33(7)63)31(5)47(66)30(4)46(27)65)59-75-22-20-60-16-18-61(19-17-60)40-25-39-35(23-37(40)57)49(68)36(55(71)72)26-62(39)34-13-14-34/h10-12,15,21,23-27,29-31,34,42,46-47,51,65-67H,13-14,16-20,22H2,1-9H3,(H,58,70)(H,71,72)/t27-,29+,30+,31+,42-,46-,47+,51+,56-/m0/s1. The number of nitrogens with zero attached hydrogens (tertiary/aromatic N) is 4. The Balaban J connectivity index is 1.09. The van der Waals surface area contributed by atoms with Crippen molar-refractivity contribution in [3.63, 3.8) is 0 Å². The first-order valence-corrected chi connectivity index (χ1v) is 25.7. The Morgan fingerprint density at radius 2 is 1.65 bits per heavy atom. The van der Waals surface area contributed by atoms with Gasteiger partial charge in [0.1, 0.15) is 35.6 Å². The number of aliphatic hydroxyl groups excluding tert-OH is 2. The molecule has 1 aromatic heterocycles. The second-order valence-corrected chi connectivity index (χ2v) is 20.8. The zero-order chi connectivity index (χ0) is 55.9. The van der Waals surface area contributed by atoms with Crippen LogP contribution in [0.25, 0.3) is 10.9 Å². The molecule has 9 atom stereocenters. The Morgan fingerprint density at radius 3 is 2.30 bits per heavy atom. The van der Waals surface area contributed by atoms with Crippen molar-refractivity contribution in [3.8, 4) is 11.5 Å². The van der Waals surface area contributed by atoms with Crippen LogP contribution in [0, 0.1) is 36.4 Å². The number of carbonyl (C=O) groups is 5. The lowest BCUT2D eigenvalue weighted by molar-refractivity contribution is -0.160. The van der Waals surface area contributed by atoms with E-state index in [1.54, 1.807) is 50.5 Å². The number of Topliss-reactive ketones (excluding diaryl/α,β-unsaturated/α-hetero) is 1. The molecule has 0 radical (unpaired) electrons. The lowest BCUT2D eigenvalue weighted by atomic mass is 9.78. The minimum Gasteiger partial charge on any atom is -0.507 e. The van der Waals surface area contributed by atoms with Gasteiger partial charge in [-0.05, 0) is 44.9 Å². The number of carboxylic acid groups (broad SMARTS) is 1. The molecule has 20 nitrogen and oxygen atoms in total. The van der Waals surface area contributed by atoms with Crippen LogP contribution in [0.3, 0.4) is 0 Å². The molecule has 2 aromatic carbocycles. The van der Waals surface area contributed by atoms with Gasteiger partial charge in [0.25, 0.3) is 11.7 Å². The van der Waals surface area contributed by atoms with Crippen molar-refractivity contribution in [2.45, 2.75) is 104 Å². The third kappa shape index (κ3) is 11.0. The topological polar surface area (TPSA) is 265 Å². The third-order valence-electron chi connectivity index (χ3n) is 15.5. The summed E-state index contributed by atoms with van der Waals surface area (Å²) in [7, 11) is 1.44. The summed E-state index contributed by atoms with van der Waals surface area (Å²) in [6.07, 6.45) is 7.36. The summed E-state index contributed by atoms with van der Waals surface area (Å²) in [5, 5.41) is 51.4. The van der Waals surface area contributed by atoms with Crippen LogP contribution in [0.4, 0.5) is 10.1 Å². The highest BCUT2D eigenvalue weighted by molar-refractivity contribution is 6.31. The molecule has 1 saturated heterocycles. The lowest BCUT2D eigenvalue weighted by Gasteiger charge is -2.38. The monoisotopic (exact) mass is 1070 g/mol. The van der Waals surface area contributed by atoms with Gasteiger partial charge in [0.2, 0.25) is 11.2 Å². The number of carbonyl (C=O) groups excluding carboxylic acids is 4. The average molecular weight is 1070 g/mol. The van der Waals surface area contributed by atoms with Gasteiger partial charge >= 0.3 is 11.9 Å². The van der Waals surface area contributed by atoms with Gasteiger partial charge in [0, 0.05) is 112 Å². The molecule has 1 amide bonds.